The van der Waals surface area contributed by atoms with Gasteiger partial charge in [-0.15, -0.1) is 23.8 Å². The number of aromatic nitrogens is 2. The fourth-order valence-corrected chi connectivity index (χ4v) is 5.48. The average Bonchev–Trinajstić information content (AvgIpc) is 2.92. The van der Waals surface area contributed by atoms with Crippen LogP contribution < -0.4 is 4.90 Å². The van der Waals surface area contributed by atoms with Gasteiger partial charge in [0.25, 0.3) is 0 Å². The third-order valence-electron chi connectivity index (χ3n) is 7.72. The Labute approximate surface area is 251 Å². The molecule has 212 valence electrons. The summed E-state index contributed by atoms with van der Waals surface area (Å²) in [5.74, 6) is 0.183. The summed E-state index contributed by atoms with van der Waals surface area (Å²) in [6.07, 6.45) is -2.88. The minimum absolute atomic E-state index is 0. The van der Waals surface area contributed by atoms with Gasteiger partial charge in [-0.25, -0.2) is 4.98 Å². The van der Waals surface area contributed by atoms with Gasteiger partial charge in [0.15, 0.2) is 5.75 Å². The van der Waals surface area contributed by atoms with Crippen LogP contribution >= 0.6 is 0 Å². The molecule has 0 fully saturated rings. The molecule has 4 nitrogen and oxygen atoms in total. The van der Waals surface area contributed by atoms with Gasteiger partial charge >= 0.3 is 6.18 Å². The summed E-state index contributed by atoms with van der Waals surface area (Å²) in [5, 5.41) is 10.9. The number of phenolic OH excluding ortho intramolecular Hbond substituents is 1. The molecular formula is C33H27F3N3OPt-. The van der Waals surface area contributed by atoms with E-state index in [1.54, 1.807) is 12.1 Å². The topological polar surface area (TPSA) is 49.2 Å². The van der Waals surface area contributed by atoms with E-state index in [0.29, 0.717) is 22.6 Å². The monoisotopic (exact) mass is 733 g/mol. The number of halogens is 3. The molecule has 41 heavy (non-hydrogen) atoms. The maximum Gasteiger partial charge on any atom is 0.420 e. The van der Waals surface area contributed by atoms with Crippen LogP contribution in [0.5, 0.6) is 5.75 Å². The first-order chi connectivity index (χ1) is 19.0. The Morgan fingerprint density at radius 2 is 1.66 bits per heavy atom. The first-order valence-corrected chi connectivity index (χ1v) is 13.1. The van der Waals surface area contributed by atoms with Crippen molar-refractivity contribution in [3.63, 3.8) is 0 Å². The zero-order valence-electron chi connectivity index (χ0n) is 22.8. The molecule has 6 rings (SSSR count). The molecule has 0 radical (unpaired) electrons. The van der Waals surface area contributed by atoms with Crippen LogP contribution in [0.2, 0.25) is 0 Å². The van der Waals surface area contributed by atoms with Crippen molar-refractivity contribution in [2.45, 2.75) is 45.2 Å². The molecule has 1 aliphatic heterocycles. The van der Waals surface area contributed by atoms with Crippen molar-refractivity contribution in [2.24, 2.45) is 0 Å². The predicted octanol–water partition coefficient (Wildman–Crippen LogP) is 9.05. The molecule has 0 atom stereocenters. The van der Waals surface area contributed by atoms with E-state index in [4.69, 9.17) is 4.98 Å². The summed E-state index contributed by atoms with van der Waals surface area (Å²) in [6.45, 7) is 8.60. The van der Waals surface area contributed by atoms with E-state index in [2.05, 4.69) is 61.8 Å². The molecule has 0 amide bonds. The summed E-state index contributed by atoms with van der Waals surface area (Å²) in [4.78, 5) is 11.3. The number of anilines is 3. The fraction of sp³-hybridized carbons (Fsp3) is 0.212. The Balaban J connectivity index is 0.00000337. The smallest absolute Gasteiger partial charge is 0.420 e. The van der Waals surface area contributed by atoms with Gasteiger partial charge in [-0.1, -0.05) is 69.7 Å². The number of hydrogen-bond acceptors (Lipinski definition) is 4. The van der Waals surface area contributed by atoms with E-state index in [-0.39, 0.29) is 32.0 Å². The van der Waals surface area contributed by atoms with Crippen LogP contribution in [0.1, 0.15) is 55.9 Å². The molecule has 0 saturated carbocycles. The molecule has 8 heteroatoms. The number of phenols is 1. The number of para-hydroxylation sites is 1. The zero-order chi connectivity index (χ0) is 28.4. The van der Waals surface area contributed by atoms with Gasteiger partial charge in [-0.05, 0) is 58.1 Å². The molecule has 2 aromatic heterocycles. The van der Waals surface area contributed by atoms with Crippen LogP contribution in [0.4, 0.5) is 30.4 Å². The van der Waals surface area contributed by atoms with Crippen molar-refractivity contribution in [1.29, 1.82) is 0 Å². The van der Waals surface area contributed by atoms with Crippen molar-refractivity contribution < 1.29 is 39.3 Å². The van der Waals surface area contributed by atoms with Gasteiger partial charge in [-0.3, -0.25) is 4.98 Å². The van der Waals surface area contributed by atoms with Crippen molar-refractivity contribution in [2.75, 3.05) is 4.90 Å². The Morgan fingerprint density at radius 1 is 0.927 bits per heavy atom. The first-order valence-electron chi connectivity index (χ1n) is 13.1. The van der Waals surface area contributed by atoms with Crippen LogP contribution in [0, 0.1) is 6.07 Å². The third-order valence-corrected chi connectivity index (χ3v) is 7.72. The quantitative estimate of drug-likeness (QED) is 0.188. The van der Waals surface area contributed by atoms with Crippen LogP contribution in [-0.2, 0) is 32.7 Å². The Hall–Kier alpha value is -3.70. The van der Waals surface area contributed by atoms with Gasteiger partial charge in [0.2, 0.25) is 0 Å². The molecule has 0 spiro atoms. The number of alkyl halides is 3. The van der Waals surface area contributed by atoms with E-state index in [9.17, 15) is 18.3 Å². The van der Waals surface area contributed by atoms with Gasteiger partial charge < -0.3 is 10.0 Å². The van der Waals surface area contributed by atoms with Crippen LogP contribution in [0.25, 0.3) is 22.2 Å². The Kier molecular flexibility index (Phi) is 7.23. The molecule has 0 unspecified atom stereocenters. The Bertz CT molecular complexity index is 1780. The second-order valence-electron chi connectivity index (χ2n) is 10.9. The standard InChI is InChI=1S/C33H27F3N3O.Pt/c1-19(2)21-15-16-37-29(18-21)39-27-8-6-5-7-23(27)32(3,4)24-12-10-22(17-28(24)39)26-14-11-20-9-13-25(33(34,35)36)31(40)30(20)38-26;/h5-16,18-19,40H,1-4H3;/q-1;. The van der Waals surface area contributed by atoms with Gasteiger partial charge in [0.1, 0.15) is 11.3 Å². The third kappa shape index (κ3) is 4.80. The number of rotatable bonds is 3. The number of benzene rings is 3. The first kappa shape index (κ1) is 28.8. The normalized spacial score (nSPS) is 14.0. The number of pyridine rings is 2. The molecule has 1 aliphatic rings. The molecule has 0 aliphatic carbocycles. The summed E-state index contributed by atoms with van der Waals surface area (Å²) in [6, 6.07) is 25.3. The number of fused-ring (bicyclic) bond motifs is 3. The van der Waals surface area contributed by atoms with E-state index < -0.39 is 17.5 Å². The minimum Gasteiger partial charge on any atom is -0.505 e. The van der Waals surface area contributed by atoms with E-state index in [1.807, 2.05) is 36.5 Å². The van der Waals surface area contributed by atoms with Gasteiger partial charge in [-0.2, -0.15) is 13.2 Å². The second kappa shape index (κ2) is 10.3. The average molecular weight is 734 g/mol. The van der Waals surface area contributed by atoms with Crippen molar-refractivity contribution in [1.82, 2.24) is 9.97 Å². The number of hydrogen-bond donors (Lipinski definition) is 1. The summed E-state index contributed by atoms with van der Waals surface area (Å²) in [7, 11) is 0. The minimum atomic E-state index is -4.69. The molecule has 5 aromatic rings. The molecule has 0 saturated heterocycles. The predicted molar refractivity (Wildman–Crippen MR) is 151 cm³/mol. The van der Waals surface area contributed by atoms with Gasteiger partial charge in [0.05, 0.1) is 5.56 Å². The molecule has 3 aromatic carbocycles. The maximum absolute atomic E-state index is 13.5. The van der Waals surface area contributed by atoms with Crippen LogP contribution in [0.15, 0.2) is 79.0 Å². The van der Waals surface area contributed by atoms with E-state index in [0.717, 1.165) is 39.9 Å². The summed E-state index contributed by atoms with van der Waals surface area (Å²) in [5.41, 5.74) is 4.56. The number of aromatic hydroxyl groups is 1. The number of nitrogens with zero attached hydrogens (tertiary/aromatic N) is 3. The van der Waals surface area contributed by atoms with Crippen molar-refractivity contribution >= 4 is 28.1 Å². The van der Waals surface area contributed by atoms with Crippen LogP contribution in [-0.4, -0.2) is 15.1 Å². The van der Waals surface area contributed by atoms with Crippen molar-refractivity contribution in [3.8, 4) is 17.0 Å². The molecule has 0 bridgehead atoms. The van der Waals surface area contributed by atoms with E-state index in [1.165, 1.54) is 6.07 Å². The summed E-state index contributed by atoms with van der Waals surface area (Å²) >= 11 is 0. The molecule has 3 heterocycles. The summed E-state index contributed by atoms with van der Waals surface area (Å²) < 4.78 is 40.4. The largest absolute Gasteiger partial charge is 0.505 e. The molecule has 1 N–H and O–H groups in total. The molecular weight excluding hydrogens is 706 g/mol. The van der Waals surface area contributed by atoms with Gasteiger partial charge in [0, 0.05) is 38.3 Å². The fourth-order valence-electron chi connectivity index (χ4n) is 5.48. The second-order valence-corrected chi connectivity index (χ2v) is 10.9. The maximum atomic E-state index is 13.5. The SMILES string of the molecule is CC(C)c1ccnc(N2c3[c-]c(-c4ccc5ccc(C(F)(F)F)c(O)c5n4)ccc3C(C)(C)c3ccccc32)c1.[Pt]. The zero-order valence-corrected chi connectivity index (χ0v) is 25.1. The van der Waals surface area contributed by atoms with E-state index >= 15 is 0 Å². The Morgan fingerprint density at radius 3 is 2.39 bits per heavy atom. The van der Waals surface area contributed by atoms with Crippen molar-refractivity contribution in [3.05, 3.63) is 107 Å². The van der Waals surface area contributed by atoms with Crippen LogP contribution in [0.3, 0.4) is 0 Å².